The van der Waals surface area contributed by atoms with Gasteiger partial charge in [-0.05, 0) is 102 Å². The Morgan fingerprint density at radius 1 is 0.977 bits per heavy atom. The van der Waals surface area contributed by atoms with Crippen molar-refractivity contribution in [2.45, 2.75) is 77.8 Å². The second-order valence-electron chi connectivity index (χ2n) is 14.6. The molecule has 0 radical (unpaired) electrons. The van der Waals surface area contributed by atoms with Crippen molar-refractivity contribution >= 4 is 33.2 Å². The number of piperazine rings is 1. The van der Waals surface area contributed by atoms with Crippen LogP contribution in [0.4, 0.5) is 0 Å². The fraction of sp³-hybridized carbons (Fsp3) is 0.611. The first-order valence-corrected chi connectivity index (χ1v) is 17.6. The minimum atomic E-state index is -0.492. The van der Waals surface area contributed by atoms with Gasteiger partial charge in [0, 0.05) is 74.5 Å². The maximum absolute atomic E-state index is 14.0. The molecule has 1 aliphatic carbocycles. The van der Waals surface area contributed by atoms with E-state index in [0.717, 1.165) is 65.2 Å². The van der Waals surface area contributed by atoms with Crippen molar-refractivity contribution < 1.29 is 9.59 Å². The fourth-order valence-electron chi connectivity index (χ4n) is 8.73. The van der Waals surface area contributed by atoms with E-state index in [-0.39, 0.29) is 11.8 Å². The molecule has 0 spiro atoms. The van der Waals surface area contributed by atoms with Crippen molar-refractivity contribution in [1.82, 2.24) is 25.0 Å². The third-order valence-electron chi connectivity index (χ3n) is 11.3. The standard InChI is InChI=1S/C36H49N5O2S/c1-22-16-23(2)18-26(17-22)33-28(9-11-39-10-8-27(21-39)41-14-12-40(13-15-41)24(3)42)29-19-31(44-35(29)38-33)36(4,5)34(43)32-25-6-7-30(32)37-20-25/h16-19,25,27,30,32,37-38H,6-15,20-21H2,1-5H3. The van der Waals surface area contributed by atoms with Gasteiger partial charge >= 0.3 is 0 Å². The van der Waals surface area contributed by atoms with E-state index < -0.39 is 5.41 Å². The summed E-state index contributed by atoms with van der Waals surface area (Å²) in [5.41, 5.74) is 5.95. The quantitative estimate of drug-likeness (QED) is 0.367. The molecule has 4 unspecified atom stereocenters. The topological polar surface area (TPSA) is 71.7 Å². The number of likely N-dealkylation sites (tertiary alicyclic amines) is 1. The third kappa shape index (κ3) is 5.46. The largest absolute Gasteiger partial charge is 0.346 e. The molecule has 236 valence electrons. The molecule has 4 fully saturated rings. The number of amides is 1. The van der Waals surface area contributed by atoms with Crippen molar-refractivity contribution in [3.8, 4) is 11.3 Å². The van der Waals surface area contributed by atoms with Gasteiger partial charge in [0.05, 0.1) is 11.1 Å². The lowest BCUT2D eigenvalue weighted by Gasteiger charge is -2.37. The molecule has 2 N–H and O–H groups in total. The molecule has 7 nitrogen and oxygen atoms in total. The molecular formula is C36H49N5O2S. The number of hydrogen-bond donors (Lipinski definition) is 2. The minimum absolute atomic E-state index is 0.157. The number of benzene rings is 1. The van der Waals surface area contributed by atoms with E-state index >= 15 is 0 Å². The van der Waals surface area contributed by atoms with Gasteiger partial charge < -0.3 is 20.1 Å². The Kier molecular flexibility index (Phi) is 8.01. The minimum Gasteiger partial charge on any atom is -0.346 e. The summed E-state index contributed by atoms with van der Waals surface area (Å²) in [6.45, 7) is 18.3. The number of nitrogens with one attached hydrogen (secondary N) is 2. The number of aromatic nitrogens is 1. The highest BCUT2D eigenvalue weighted by Crippen LogP contribution is 2.45. The lowest BCUT2D eigenvalue weighted by atomic mass is 9.76. The summed E-state index contributed by atoms with van der Waals surface area (Å²) in [6.07, 6.45) is 4.50. The number of aromatic amines is 1. The number of aryl methyl sites for hydroxylation is 2. The molecule has 5 heterocycles. The first-order chi connectivity index (χ1) is 21.1. The lowest BCUT2D eigenvalue weighted by Crippen LogP contribution is -2.52. The summed E-state index contributed by atoms with van der Waals surface area (Å²) in [5, 5.41) is 4.90. The van der Waals surface area contributed by atoms with Crippen molar-refractivity contribution in [2.75, 3.05) is 52.4 Å². The summed E-state index contributed by atoms with van der Waals surface area (Å²) >= 11 is 1.79. The Balaban J connectivity index is 1.13. The fourth-order valence-corrected chi connectivity index (χ4v) is 9.92. The second kappa shape index (κ2) is 11.7. The monoisotopic (exact) mass is 615 g/mol. The average molecular weight is 616 g/mol. The highest BCUT2D eigenvalue weighted by molar-refractivity contribution is 7.19. The second-order valence-corrected chi connectivity index (χ2v) is 15.7. The Morgan fingerprint density at radius 2 is 1.73 bits per heavy atom. The Morgan fingerprint density at radius 3 is 2.36 bits per heavy atom. The summed E-state index contributed by atoms with van der Waals surface area (Å²) < 4.78 is 0. The van der Waals surface area contributed by atoms with Crippen molar-refractivity contribution in [2.24, 2.45) is 11.8 Å². The molecule has 1 aromatic carbocycles. The van der Waals surface area contributed by atoms with Gasteiger partial charge in [0.1, 0.15) is 10.6 Å². The van der Waals surface area contributed by atoms with E-state index in [9.17, 15) is 9.59 Å². The van der Waals surface area contributed by atoms with E-state index in [1.807, 2.05) is 4.90 Å². The molecule has 7 rings (SSSR count). The van der Waals surface area contributed by atoms with Gasteiger partial charge in [0.25, 0.3) is 0 Å². The molecule has 1 saturated carbocycles. The SMILES string of the molecule is CC(=O)N1CCN(C2CCN(CCc3c(-c4cc(C)cc(C)c4)[nH]c4sc(C(C)(C)C(=O)C5C6CCC5NC6)cc34)C2)CC1. The van der Waals surface area contributed by atoms with Crippen LogP contribution in [0.15, 0.2) is 24.3 Å². The number of piperidine rings is 1. The summed E-state index contributed by atoms with van der Waals surface area (Å²) in [4.78, 5) is 39.3. The third-order valence-corrected chi connectivity index (χ3v) is 12.7. The van der Waals surface area contributed by atoms with Crippen molar-refractivity contribution in [3.63, 3.8) is 0 Å². The van der Waals surface area contributed by atoms with E-state index in [0.29, 0.717) is 23.8 Å². The molecule has 2 bridgehead atoms. The number of Topliss-reactive ketones (excluding diaryl/α,β-unsaturated/α-hetero) is 1. The normalized spacial score (nSPS) is 26.3. The lowest BCUT2D eigenvalue weighted by molar-refractivity contribution is -0.131. The smallest absolute Gasteiger partial charge is 0.219 e. The van der Waals surface area contributed by atoms with Gasteiger partial charge in [-0.2, -0.15) is 0 Å². The number of carbonyl (C=O) groups is 2. The number of thiophene rings is 1. The highest BCUT2D eigenvalue weighted by atomic mass is 32.1. The van der Waals surface area contributed by atoms with Gasteiger partial charge in [0.2, 0.25) is 5.91 Å². The van der Waals surface area contributed by atoms with Crippen LogP contribution in [0.3, 0.4) is 0 Å². The van der Waals surface area contributed by atoms with Crippen molar-refractivity contribution in [1.29, 1.82) is 0 Å². The molecule has 3 saturated heterocycles. The Labute approximate surface area is 266 Å². The summed E-state index contributed by atoms with van der Waals surface area (Å²) in [6, 6.07) is 10.1. The summed E-state index contributed by atoms with van der Waals surface area (Å²) in [5.74, 6) is 1.28. The van der Waals surface area contributed by atoms with Crippen LogP contribution in [-0.2, 0) is 21.4 Å². The molecular weight excluding hydrogens is 566 g/mol. The van der Waals surface area contributed by atoms with Gasteiger partial charge in [-0.25, -0.2) is 0 Å². The van der Waals surface area contributed by atoms with Crippen LogP contribution in [-0.4, -0.2) is 95.8 Å². The predicted molar refractivity (Wildman–Crippen MR) is 179 cm³/mol. The highest BCUT2D eigenvalue weighted by Gasteiger charge is 2.50. The summed E-state index contributed by atoms with van der Waals surface area (Å²) in [7, 11) is 0. The van der Waals surface area contributed by atoms with Gasteiger partial charge in [0.15, 0.2) is 0 Å². The molecule has 4 aliphatic rings. The first kappa shape index (κ1) is 30.2. The number of nitrogens with zero attached hydrogens (tertiary/aromatic N) is 3. The predicted octanol–water partition coefficient (Wildman–Crippen LogP) is 5.14. The molecule has 3 aliphatic heterocycles. The molecule has 2 aromatic heterocycles. The van der Waals surface area contributed by atoms with Crippen molar-refractivity contribution in [3.05, 3.63) is 45.8 Å². The maximum Gasteiger partial charge on any atom is 0.219 e. The van der Waals surface area contributed by atoms with Crippen LogP contribution in [0.1, 0.15) is 61.6 Å². The Hall–Kier alpha value is -2.52. The number of carbonyl (C=O) groups excluding carboxylic acids is 2. The van der Waals surface area contributed by atoms with Gasteiger partial charge in [-0.1, -0.05) is 17.2 Å². The zero-order chi connectivity index (χ0) is 30.7. The van der Waals surface area contributed by atoms with Crippen LogP contribution in [0, 0.1) is 25.7 Å². The molecule has 3 aromatic rings. The number of ketones is 1. The Bertz CT molecular complexity index is 1520. The van der Waals surface area contributed by atoms with E-state index in [1.165, 1.54) is 55.9 Å². The molecule has 44 heavy (non-hydrogen) atoms. The zero-order valence-corrected chi connectivity index (χ0v) is 28.0. The number of rotatable bonds is 8. The van der Waals surface area contributed by atoms with Crippen LogP contribution in [0.5, 0.6) is 0 Å². The molecule has 1 amide bonds. The van der Waals surface area contributed by atoms with E-state index in [1.54, 1.807) is 18.3 Å². The molecule has 8 heteroatoms. The van der Waals surface area contributed by atoms with Crippen LogP contribution in [0.2, 0.25) is 0 Å². The van der Waals surface area contributed by atoms with Crippen LogP contribution in [0.25, 0.3) is 21.5 Å². The zero-order valence-electron chi connectivity index (χ0n) is 27.2. The van der Waals surface area contributed by atoms with Gasteiger partial charge in [-0.3, -0.25) is 14.5 Å². The van der Waals surface area contributed by atoms with E-state index in [2.05, 4.69) is 72.1 Å². The number of fused-ring (bicyclic) bond motifs is 3. The average Bonchev–Trinajstić information content (AvgIpc) is 3.82. The number of H-pyrrole nitrogens is 1. The van der Waals surface area contributed by atoms with E-state index in [4.69, 9.17) is 0 Å². The van der Waals surface area contributed by atoms with Crippen LogP contribution < -0.4 is 5.32 Å². The van der Waals surface area contributed by atoms with Crippen LogP contribution >= 0.6 is 11.3 Å². The first-order valence-electron chi connectivity index (χ1n) is 16.8. The maximum atomic E-state index is 14.0. The molecule has 4 atom stereocenters. The number of hydrogen-bond acceptors (Lipinski definition) is 6. The van der Waals surface area contributed by atoms with Gasteiger partial charge in [-0.15, -0.1) is 11.3 Å².